The van der Waals surface area contributed by atoms with Gasteiger partial charge in [0.25, 0.3) is 0 Å². The Labute approximate surface area is 132 Å². The van der Waals surface area contributed by atoms with E-state index in [1.807, 2.05) is 0 Å². The van der Waals surface area contributed by atoms with Crippen LogP contribution in [0, 0.1) is 0 Å². The highest BCUT2D eigenvalue weighted by molar-refractivity contribution is 14.0. The van der Waals surface area contributed by atoms with Gasteiger partial charge in [-0.05, 0) is 0 Å². The highest BCUT2D eigenvalue weighted by Gasteiger charge is 2.26. The molecule has 0 radical (unpaired) electrons. The van der Waals surface area contributed by atoms with Crippen LogP contribution >= 0.6 is 24.0 Å². The number of guanidine groups is 1. The van der Waals surface area contributed by atoms with Crippen LogP contribution in [0.25, 0.3) is 0 Å². The lowest BCUT2D eigenvalue weighted by Gasteiger charge is -2.21. The molecule has 0 atom stereocenters. The first kappa shape index (κ1) is 18.9. The van der Waals surface area contributed by atoms with Gasteiger partial charge in [-0.1, -0.05) is 0 Å². The first-order valence-electron chi connectivity index (χ1n) is 5.65. The van der Waals surface area contributed by atoms with Crippen LogP contribution in [-0.4, -0.2) is 52.4 Å². The van der Waals surface area contributed by atoms with E-state index in [0.717, 1.165) is 0 Å². The fourth-order valence-electron chi connectivity index (χ4n) is 1.45. The van der Waals surface area contributed by atoms with E-state index in [1.54, 1.807) is 23.7 Å². The zero-order valence-electron chi connectivity index (χ0n) is 11.5. The molecule has 116 valence electrons. The second kappa shape index (κ2) is 8.27. The molecule has 1 aromatic rings. The molecule has 0 aromatic carbocycles. The van der Waals surface area contributed by atoms with Crippen LogP contribution in [0.15, 0.2) is 11.3 Å². The van der Waals surface area contributed by atoms with E-state index < -0.39 is 12.6 Å². The molecular formula is C10H18F3IN6. The van der Waals surface area contributed by atoms with Gasteiger partial charge in [0.2, 0.25) is 0 Å². The molecule has 0 saturated heterocycles. The minimum Gasteiger partial charge on any atom is -0.356 e. The Morgan fingerprint density at radius 2 is 2.15 bits per heavy atom. The largest absolute Gasteiger partial charge is 0.390 e. The van der Waals surface area contributed by atoms with E-state index in [2.05, 4.69) is 20.4 Å². The summed E-state index contributed by atoms with van der Waals surface area (Å²) in [6, 6.07) is 0. The van der Waals surface area contributed by atoms with E-state index >= 15 is 0 Å². The van der Waals surface area contributed by atoms with Gasteiger partial charge in [0.05, 0.1) is 13.0 Å². The van der Waals surface area contributed by atoms with Crippen molar-refractivity contribution in [3.8, 4) is 0 Å². The van der Waals surface area contributed by atoms with Crippen LogP contribution < -0.4 is 5.32 Å². The predicted octanol–water partition coefficient (Wildman–Crippen LogP) is 1.39. The van der Waals surface area contributed by atoms with Crippen LogP contribution in [0.2, 0.25) is 0 Å². The van der Waals surface area contributed by atoms with Crippen molar-refractivity contribution in [2.75, 3.05) is 20.6 Å². The van der Waals surface area contributed by atoms with Gasteiger partial charge in [0.15, 0.2) is 5.96 Å². The molecule has 0 bridgehead atoms. The fraction of sp³-hybridized carbons (Fsp3) is 0.700. The van der Waals surface area contributed by atoms with Gasteiger partial charge in [0.1, 0.15) is 12.2 Å². The van der Waals surface area contributed by atoms with E-state index in [-0.39, 0.29) is 30.5 Å². The van der Waals surface area contributed by atoms with E-state index in [1.165, 1.54) is 13.4 Å². The van der Waals surface area contributed by atoms with Crippen LogP contribution in [0.4, 0.5) is 13.2 Å². The van der Waals surface area contributed by atoms with Crippen LogP contribution in [0.5, 0.6) is 0 Å². The second-order valence-electron chi connectivity index (χ2n) is 4.00. The summed E-state index contributed by atoms with van der Waals surface area (Å²) in [5, 5.41) is 6.58. The van der Waals surface area contributed by atoms with Crippen molar-refractivity contribution in [2.45, 2.75) is 19.1 Å². The number of aryl methyl sites for hydroxylation is 1. The molecule has 0 unspecified atom stereocenters. The monoisotopic (exact) mass is 406 g/mol. The van der Waals surface area contributed by atoms with Gasteiger partial charge >= 0.3 is 6.18 Å². The maximum atomic E-state index is 12.1. The van der Waals surface area contributed by atoms with Gasteiger partial charge in [0, 0.05) is 27.7 Å². The number of nitrogens with one attached hydrogen (secondary N) is 1. The van der Waals surface area contributed by atoms with Crippen molar-refractivity contribution in [3.63, 3.8) is 0 Å². The zero-order chi connectivity index (χ0) is 14.5. The molecule has 10 heteroatoms. The average Bonchev–Trinajstić information content (AvgIpc) is 2.69. The highest BCUT2D eigenvalue weighted by atomic mass is 127. The van der Waals surface area contributed by atoms with Crippen molar-refractivity contribution in [1.29, 1.82) is 0 Å². The molecule has 20 heavy (non-hydrogen) atoms. The third-order valence-corrected chi connectivity index (χ3v) is 2.45. The summed E-state index contributed by atoms with van der Waals surface area (Å²) in [6.07, 6.45) is -3.65. The van der Waals surface area contributed by atoms with E-state index in [9.17, 15) is 13.2 Å². The molecule has 1 N–H and O–H groups in total. The number of aliphatic imine (C=N–C) groups is 1. The van der Waals surface area contributed by atoms with Crippen molar-refractivity contribution < 1.29 is 13.2 Å². The van der Waals surface area contributed by atoms with Gasteiger partial charge in [-0.25, -0.2) is 4.98 Å². The topological polar surface area (TPSA) is 58.3 Å². The number of alkyl halides is 3. The molecule has 0 spiro atoms. The zero-order valence-corrected chi connectivity index (χ0v) is 13.8. The second-order valence-corrected chi connectivity index (χ2v) is 4.00. The summed E-state index contributed by atoms with van der Waals surface area (Å²) >= 11 is 0. The lowest BCUT2D eigenvalue weighted by molar-refractivity contribution is -0.132. The average molecular weight is 406 g/mol. The summed E-state index contributed by atoms with van der Waals surface area (Å²) in [6.45, 7) is 0.196. The summed E-state index contributed by atoms with van der Waals surface area (Å²) in [7, 11) is 4.98. The number of halogens is 4. The molecule has 1 rings (SSSR count). The van der Waals surface area contributed by atoms with E-state index in [0.29, 0.717) is 18.3 Å². The molecule has 1 aromatic heterocycles. The third-order valence-electron chi connectivity index (χ3n) is 2.45. The lowest BCUT2D eigenvalue weighted by atomic mass is 10.4. The number of hydrogen-bond acceptors (Lipinski definition) is 3. The molecule has 6 nitrogen and oxygen atoms in total. The summed E-state index contributed by atoms with van der Waals surface area (Å²) < 4.78 is 37.8. The van der Waals surface area contributed by atoms with Gasteiger partial charge in [-0.15, -0.1) is 24.0 Å². The molecule has 0 aliphatic carbocycles. The Morgan fingerprint density at radius 3 is 2.60 bits per heavy atom. The standard InChI is InChI=1S/C10H17F3N6.HI/c1-14-9(15-5-4-10(11,12)13)18(2)6-8-16-7-17-19(8)3;/h7H,4-6H2,1-3H3,(H,14,15);1H. The van der Waals surface area contributed by atoms with Crippen molar-refractivity contribution in [3.05, 3.63) is 12.2 Å². The quantitative estimate of drug-likeness (QED) is 0.467. The smallest absolute Gasteiger partial charge is 0.356 e. The van der Waals surface area contributed by atoms with Crippen LogP contribution in [0.1, 0.15) is 12.2 Å². The first-order valence-corrected chi connectivity index (χ1v) is 5.65. The molecule has 0 aliphatic rings. The first-order chi connectivity index (χ1) is 8.83. The van der Waals surface area contributed by atoms with E-state index in [4.69, 9.17) is 0 Å². The SMILES string of the molecule is CN=C(NCCC(F)(F)F)N(C)Cc1ncnn1C.I. The molecule has 0 amide bonds. The maximum absolute atomic E-state index is 12.1. The number of aromatic nitrogens is 3. The fourth-order valence-corrected chi connectivity index (χ4v) is 1.45. The number of rotatable bonds is 4. The van der Waals surface area contributed by atoms with Crippen molar-refractivity contribution in [1.82, 2.24) is 25.0 Å². The number of nitrogens with zero attached hydrogens (tertiary/aromatic N) is 5. The summed E-state index contributed by atoms with van der Waals surface area (Å²) in [4.78, 5) is 9.64. The summed E-state index contributed by atoms with van der Waals surface area (Å²) in [5.74, 6) is 1.08. The Morgan fingerprint density at radius 1 is 1.50 bits per heavy atom. The molecule has 0 aliphatic heterocycles. The highest BCUT2D eigenvalue weighted by Crippen LogP contribution is 2.18. The van der Waals surface area contributed by atoms with Crippen LogP contribution in [0.3, 0.4) is 0 Å². The maximum Gasteiger partial charge on any atom is 0.390 e. The Bertz CT molecular complexity index is 431. The Kier molecular flexibility index (Phi) is 7.83. The molecular weight excluding hydrogens is 388 g/mol. The van der Waals surface area contributed by atoms with Gasteiger partial charge in [-0.2, -0.15) is 18.3 Å². The molecule has 1 heterocycles. The summed E-state index contributed by atoms with van der Waals surface area (Å²) in [5.41, 5.74) is 0. The third kappa shape index (κ3) is 6.39. The minimum absolute atomic E-state index is 0. The van der Waals surface area contributed by atoms with Crippen molar-refractivity contribution in [2.24, 2.45) is 12.0 Å². The number of hydrogen-bond donors (Lipinski definition) is 1. The molecule has 0 saturated carbocycles. The van der Waals surface area contributed by atoms with Crippen LogP contribution in [-0.2, 0) is 13.6 Å². The Hall–Kier alpha value is -1.07. The Balaban J connectivity index is 0.00000361. The van der Waals surface area contributed by atoms with Crippen molar-refractivity contribution >= 4 is 29.9 Å². The predicted molar refractivity (Wildman–Crippen MR) is 79.9 cm³/mol. The van der Waals surface area contributed by atoms with Gasteiger partial charge in [-0.3, -0.25) is 9.67 Å². The minimum atomic E-state index is -4.17. The molecule has 0 fully saturated rings. The lowest BCUT2D eigenvalue weighted by Crippen LogP contribution is -2.40. The van der Waals surface area contributed by atoms with Gasteiger partial charge < -0.3 is 10.2 Å². The normalized spacial score (nSPS) is 12.0.